The van der Waals surface area contributed by atoms with E-state index in [2.05, 4.69) is 48.9 Å². The first-order valence-electron chi connectivity index (χ1n) is 9.07. The van der Waals surface area contributed by atoms with Gasteiger partial charge in [-0.2, -0.15) is 0 Å². The van der Waals surface area contributed by atoms with Gasteiger partial charge in [-0.15, -0.1) is 11.8 Å². The minimum atomic E-state index is 0.296. The largest absolute Gasteiger partial charge is 0.357 e. The van der Waals surface area contributed by atoms with Crippen LogP contribution in [0.5, 0.6) is 0 Å². The summed E-state index contributed by atoms with van der Waals surface area (Å²) in [5.74, 6) is 1.13. The molecule has 6 heteroatoms. The fourth-order valence-corrected chi connectivity index (χ4v) is 3.60. The van der Waals surface area contributed by atoms with Gasteiger partial charge in [0.25, 0.3) is 0 Å². The zero-order valence-corrected chi connectivity index (χ0v) is 16.4. The average molecular weight is 363 g/mol. The molecule has 0 aliphatic carbocycles. The zero-order chi connectivity index (χ0) is 18.1. The number of rotatable bonds is 8. The Morgan fingerprint density at radius 2 is 2.20 bits per heavy atom. The summed E-state index contributed by atoms with van der Waals surface area (Å²) in [6.07, 6.45) is 4.76. The van der Waals surface area contributed by atoms with Gasteiger partial charge in [-0.3, -0.25) is 4.79 Å². The molecule has 0 unspecified atom stereocenters. The van der Waals surface area contributed by atoms with Crippen LogP contribution in [0.1, 0.15) is 37.3 Å². The molecule has 1 heterocycles. The predicted molar refractivity (Wildman–Crippen MR) is 106 cm³/mol. The summed E-state index contributed by atoms with van der Waals surface area (Å²) in [5.41, 5.74) is 2.52. The molecule has 1 aromatic carbocycles. The van der Waals surface area contributed by atoms with Crippen LogP contribution < -0.4 is 10.6 Å². The summed E-state index contributed by atoms with van der Waals surface area (Å²) in [6, 6.07) is 6.51. The third-order valence-corrected chi connectivity index (χ3v) is 5.08. The minimum Gasteiger partial charge on any atom is -0.357 e. The lowest BCUT2D eigenvalue weighted by atomic mass is 10.1. The third-order valence-electron chi connectivity index (χ3n) is 4.26. The van der Waals surface area contributed by atoms with Crippen LogP contribution in [0.15, 0.2) is 28.1 Å². The number of hydrogen-bond donors (Lipinski definition) is 2. The standard InChI is InChI=1S/C19H30N4OS/c1-4-20-19(21-10-6-12-23-11-5-7-18(23)24)22-14-16-9-8-15(2)13-17(16)25-3/h8-9,13H,4-7,10-12,14H2,1-3H3,(H2,20,21,22). The Kier molecular flexibility index (Phi) is 8.12. The van der Waals surface area contributed by atoms with Gasteiger partial charge in [-0.1, -0.05) is 12.1 Å². The highest BCUT2D eigenvalue weighted by Gasteiger charge is 2.18. The summed E-state index contributed by atoms with van der Waals surface area (Å²) in [7, 11) is 0. The first-order valence-corrected chi connectivity index (χ1v) is 10.3. The fourth-order valence-electron chi connectivity index (χ4n) is 2.91. The predicted octanol–water partition coefficient (Wildman–Crippen LogP) is 2.78. The van der Waals surface area contributed by atoms with E-state index in [0.29, 0.717) is 18.9 Å². The SMILES string of the molecule is CCNC(=NCc1ccc(C)cc1SC)NCCCN1CCCC1=O. The van der Waals surface area contributed by atoms with Crippen LogP contribution >= 0.6 is 11.8 Å². The van der Waals surface area contributed by atoms with E-state index < -0.39 is 0 Å². The van der Waals surface area contributed by atoms with Crippen LogP contribution in [0.3, 0.4) is 0 Å². The Labute approximate surface area is 155 Å². The number of carbonyl (C=O) groups excluding carboxylic acids is 1. The molecular formula is C19H30N4OS. The van der Waals surface area contributed by atoms with Crippen LogP contribution in [0.25, 0.3) is 0 Å². The third kappa shape index (κ3) is 6.27. The van der Waals surface area contributed by atoms with Crippen molar-refractivity contribution in [3.63, 3.8) is 0 Å². The maximum Gasteiger partial charge on any atom is 0.222 e. The van der Waals surface area contributed by atoms with Crippen molar-refractivity contribution in [2.24, 2.45) is 4.99 Å². The van der Waals surface area contributed by atoms with Crippen LogP contribution in [0, 0.1) is 6.92 Å². The van der Waals surface area contributed by atoms with E-state index in [9.17, 15) is 4.79 Å². The van der Waals surface area contributed by atoms with Crippen molar-refractivity contribution in [2.75, 3.05) is 32.4 Å². The van der Waals surface area contributed by atoms with Gasteiger partial charge in [0, 0.05) is 37.5 Å². The number of guanidine groups is 1. The summed E-state index contributed by atoms with van der Waals surface area (Å²) in [6.45, 7) is 8.25. The number of benzene rings is 1. The summed E-state index contributed by atoms with van der Waals surface area (Å²) in [5, 5.41) is 6.66. The molecule has 0 saturated carbocycles. The highest BCUT2D eigenvalue weighted by atomic mass is 32.2. The smallest absolute Gasteiger partial charge is 0.222 e. The van der Waals surface area contributed by atoms with E-state index in [1.807, 2.05) is 4.90 Å². The number of thioether (sulfide) groups is 1. The summed E-state index contributed by atoms with van der Waals surface area (Å²) < 4.78 is 0. The lowest BCUT2D eigenvalue weighted by molar-refractivity contribution is -0.127. The van der Waals surface area contributed by atoms with E-state index in [-0.39, 0.29) is 0 Å². The van der Waals surface area contributed by atoms with Crippen LogP contribution in [0.2, 0.25) is 0 Å². The van der Waals surface area contributed by atoms with Gasteiger partial charge >= 0.3 is 0 Å². The molecule has 25 heavy (non-hydrogen) atoms. The van der Waals surface area contributed by atoms with Crippen LogP contribution in [-0.2, 0) is 11.3 Å². The zero-order valence-electron chi connectivity index (χ0n) is 15.6. The average Bonchev–Trinajstić information content (AvgIpc) is 3.02. The molecule has 1 aliphatic heterocycles. The van der Waals surface area contributed by atoms with Gasteiger partial charge in [-0.05, 0) is 50.1 Å². The van der Waals surface area contributed by atoms with Crippen molar-refractivity contribution < 1.29 is 4.79 Å². The number of aryl methyl sites for hydroxylation is 1. The highest BCUT2D eigenvalue weighted by molar-refractivity contribution is 7.98. The van der Waals surface area contributed by atoms with Crippen molar-refractivity contribution >= 4 is 23.6 Å². The molecule has 0 atom stereocenters. The molecule has 0 aromatic heterocycles. The molecule has 1 amide bonds. The van der Waals surface area contributed by atoms with Crippen molar-refractivity contribution in [1.82, 2.24) is 15.5 Å². The van der Waals surface area contributed by atoms with Gasteiger partial charge in [0.15, 0.2) is 5.96 Å². The first-order chi connectivity index (χ1) is 12.1. The van der Waals surface area contributed by atoms with Gasteiger partial charge in [0.2, 0.25) is 5.91 Å². The lowest BCUT2D eigenvalue weighted by Gasteiger charge is -2.16. The molecule has 1 aromatic rings. The van der Waals surface area contributed by atoms with E-state index in [1.54, 1.807) is 11.8 Å². The number of carbonyl (C=O) groups is 1. The molecular weight excluding hydrogens is 332 g/mol. The monoisotopic (exact) mass is 362 g/mol. The van der Waals surface area contributed by atoms with Gasteiger partial charge in [0.05, 0.1) is 6.54 Å². The second kappa shape index (κ2) is 10.3. The Morgan fingerprint density at radius 3 is 2.88 bits per heavy atom. The summed E-state index contributed by atoms with van der Waals surface area (Å²) in [4.78, 5) is 19.6. The minimum absolute atomic E-state index is 0.296. The van der Waals surface area contributed by atoms with Crippen molar-refractivity contribution in [1.29, 1.82) is 0 Å². The van der Waals surface area contributed by atoms with E-state index in [0.717, 1.165) is 45.0 Å². The maximum atomic E-state index is 11.6. The molecule has 2 N–H and O–H groups in total. The number of hydrogen-bond acceptors (Lipinski definition) is 3. The van der Waals surface area contributed by atoms with Crippen LogP contribution in [-0.4, -0.2) is 49.2 Å². The van der Waals surface area contributed by atoms with E-state index in [1.165, 1.54) is 16.0 Å². The maximum absolute atomic E-state index is 11.6. The Bertz CT molecular complexity index is 603. The van der Waals surface area contributed by atoms with Gasteiger partial charge in [0.1, 0.15) is 0 Å². The van der Waals surface area contributed by atoms with Crippen molar-refractivity contribution in [3.8, 4) is 0 Å². The van der Waals surface area contributed by atoms with Gasteiger partial charge in [-0.25, -0.2) is 4.99 Å². The number of nitrogens with zero attached hydrogens (tertiary/aromatic N) is 2. The van der Waals surface area contributed by atoms with Crippen molar-refractivity contribution in [3.05, 3.63) is 29.3 Å². The Balaban J connectivity index is 1.84. The first kappa shape index (κ1) is 19.6. The molecule has 0 bridgehead atoms. The molecule has 1 fully saturated rings. The van der Waals surface area contributed by atoms with E-state index >= 15 is 0 Å². The number of likely N-dealkylation sites (tertiary alicyclic amines) is 1. The normalized spacial score (nSPS) is 14.9. The Morgan fingerprint density at radius 1 is 1.36 bits per heavy atom. The van der Waals surface area contributed by atoms with Crippen molar-refractivity contribution in [2.45, 2.75) is 44.6 Å². The molecule has 2 rings (SSSR count). The molecule has 0 spiro atoms. The second-order valence-corrected chi connectivity index (χ2v) is 7.12. The molecule has 5 nitrogen and oxygen atoms in total. The van der Waals surface area contributed by atoms with E-state index in [4.69, 9.17) is 4.99 Å². The molecule has 1 aliphatic rings. The van der Waals surface area contributed by atoms with Gasteiger partial charge < -0.3 is 15.5 Å². The molecule has 0 radical (unpaired) electrons. The number of amides is 1. The topological polar surface area (TPSA) is 56.7 Å². The summed E-state index contributed by atoms with van der Waals surface area (Å²) >= 11 is 1.76. The fraction of sp³-hybridized carbons (Fsp3) is 0.579. The van der Waals surface area contributed by atoms with Crippen LogP contribution in [0.4, 0.5) is 0 Å². The quantitative estimate of drug-likeness (QED) is 0.323. The molecule has 1 saturated heterocycles. The second-order valence-electron chi connectivity index (χ2n) is 6.28. The molecule has 138 valence electrons. The highest BCUT2D eigenvalue weighted by Crippen LogP contribution is 2.22. The Hall–Kier alpha value is -1.69. The lowest BCUT2D eigenvalue weighted by Crippen LogP contribution is -2.39. The number of nitrogens with one attached hydrogen (secondary N) is 2. The number of aliphatic imine (C=N–C) groups is 1.